The third-order valence-electron chi connectivity index (χ3n) is 6.27. The first kappa shape index (κ1) is 25.9. The molecule has 2 aromatic heterocycles. The number of anilines is 1. The molecular formula is C31H27N5O2S. The van der Waals surface area contributed by atoms with Crippen LogP contribution in [0.5, 0.6) is 5.75 Å². The quantitative estimate of drug-likeness (QED) is 0.211. The standard InChI is InChI=1S/C31H27N5O2S/c1-3-22-15-21(2)16-26(17-22)38-14-13-36-20-25(27-11-7-8-12-28(27)36)18-24(19-32)30-34-35-31(39-30)33-29(37)23-9-5-4-6-10-23/h4-12,15-18,20H,3,13-14H2,1-2H3,(H,33,35,37)/b24-18+. The van der Waals surface area contributed by atoms with Gasteiger partial charge in [0.15, 0.2) is 5.01 Å². The van der Waals surface area contributed by atoms with Crippen molar-refractivity contribution in [2.75, 3.05) is 11.9 Å². The van der Waals surface area contributed by atoms with Crippen molar-refractivity contribution in [3.8, 4) is 11.8 Å². The number of nitrogens with zero attached hydrogens (tertiary/aromatic N) is 4. The minimum Gasteiger partial charge on any atom is -0.492 e. The molecule has 0 fully saturated rings. The molecule has 0 saturated heterocycles. The van der Waals surface area contributed by atoms with Gasteiger partial charge in [0.2, 0.25) is 5.13 Å². The molecule has 0 radical (unpaired) electrons. The fourth-order valence-electron chi connectivity index (χ4n) is 4.39. The summed E-state index contributed by atoms with van der Waals surface area (Å²) < 4.78 is 8.23. The zero-order valence-corrected chi connectivity index (χ0v) is 22.5. The Bertz CT molecular complexity index is 1700. The van der Waals surface area contributed by atoms with Gasteiger partial charge >= 0.3 is 0 Å². The zero-order chi connectivity index (χ0) is 27.2. The van der Waals surface area contributed by atoms with Crippen LogP contribution in [0.3, 0.4) is 0 Å². The van der Waals surface area contributed by atoms with Gasteiger partial charge in [-0.3, -0.25) is 10.1 Å². The molecule has 194 valence electrons. The zero-order valence-electron chi connectivity index (χ0n) is 21.7. The molecule has 0 aliphatic carbocycles. The molecule has 7 nitrogen and oxygen atoms in total. The average Bonchev–Trinajstić information content (AvgIpc) is 3.56. The highest BCUT2D eigenvalue weighted by Crippen LogP contribution is 2.29. The van der Waals surface area contributed by atoms with E-state index in [-0.39, 0.29) is 5.91 Å². The first-order chi connectivity index (χ1) is 19.0. The van der Waals surface area contributed by atoms with Gasteiger partial charge in [-0.2, -0.15) is 5.26 Å². The smallest absolute Gasteiger partial charge is 0.257 e. The lowest BCUT2D eigenvalue weighted by Crippen LogP contribution is -2.11. The fraction of sp³-hybridized carbons (Fsp3) is 0.161. The first-order valence-corrected chi connectivity index (χ1v) is 13.5. The van der Waals surface area contributed by atoms with Crippen molar-refractivity contribution in [1.82, 2.24) is 14.8 Å². The SMILES string of the molecule is CCc1cc(C)cc(OCCn2cc(/C=C(\C#N)c3nnc(NC(=O)c4ccccc4)s3)c3ccccc32)c1. The van der Waals surface area contributed by atoms with E-state index in [2.05, 4.69) is 64.3 Å². The molecule has 3 aromatic carbocycles. The van der Waals surface area contributed by atoms with Crippen LogP contribution in [0.2, 0.25) is 0 Å². The lowest BCUT2D eigenvalue weighted by Gasteiger charge is -2.10. The summed E-state index contributed by atoms with van der Waals surface area (Å²) >= 11 is 1.16. The molecule has 0 atom stereocenters. The van der Waals surface area contributed by atoms with Crippen LogP contribution in [-0.2, 0) is 13.0 Å². The van der Waals surface area contributed by atoms with Crippen LogP contribution in [0.15, 0.2) is 79.0 Å². The number of amides is 1. The van der Waals surface area contributed by atoms with Crippen molar-refractivity contribution < 1.29 is 9.53 Å². The molecule has 2 heterocycles. The Labute approximate surface area is 231 Å². The van der Waals surface area contributed by atoms with Crippen LogP contribution in [-0.4, -0.2) is 27.3 Å². The van der Waals surface area contributed by atoms with E-state index in [0.717, 1.165) is 40.0 Å². The normalized spacial score (nSPS) is 11.4. The number of allylic oxidation sites excluding steroid dienone is 1. The number of aromatic nitrogens is 3. The highest BCUT2D eigenvalue weighted by molar-refractivity contribution is 7.16. The van der Waals surface area contributed by atoms with Crippen LogP contribution < -0.4 is 10.1 Å². The predicted molar refractivity (Wildman–Crippen MR) is 156 cm³/mol. The molecule has 0 spiro atoms. The van der Waals surface area contributed by atoms with Crippen molar-refractivity contribution in [2.24, 2.45) is 0 Å². The summed E-state index contributed by atoms with van der Waals surface area (Å²) in [6.07, 6.45) is 4.81. The first-order valence-electron chi connectivity index (χ1n) is 12.7. The molecule has 8 heteroatoms. The summed E-state index contributed by atoms with van der Waals surface area (Å²) in [6, 6.07) is 25.5. The Balaban J connectivity index is 1.35. The fourth-order valence-corrected chi connectivity index (χ4v) is 5.09. The maximum atomic E-state index is 12.5. The number of rotatable bonds is 9. The summed E-state index contributed by atoms with van der Waals surface area (Å²) in [5.41, 5.74) is 5.29. The van der Waals surface area contributed by atoms with Gasteiger partial charge in [-0.05, 0) is 60.9 Å². The highest BCUT2D eigenvalue weighted by atomic mass is 32.1. The van der Waals surface area contributed by atoms with Crippen LogP contribution in [0, 0.1) is 18.3 Å². The number of nitriles is 1. The summed E-state index contributed by atoms with van der Waals surface area (Å²) in [5, 5.41) is 22.7. The monoisotopic (exact) mass is 533 g/mol. The number of benzene rings is 3. The van der Waals surface area contributed by atoms with Gasteiger partial charge < -0.3 is 9.30 Å². The minimum absolute atomic E-state index is 0.275. The van der Waals surface area contributed by atoms with E-state index >= 15 is 0 Å². The summed E-state index contributed by atoms with van der Waals surface area (Å²) in [4.78, 5) is 12.5. The van der Waals surface area contributed by atoms with Crippen molar-refractivity contribution in [3.63, 3.8) is 0 Å². The molecule has 5 aromatic rings. The second-order valence-electron chi connectivity index (χ2n) is 9.05. The summed E-state index contributed by atoms with van der Waals surface area (Å²) in [7, 11) is 0. The van der Waals surface area contributed by atoms with Gasteiger partial charge in [-0.25, -0.2) is 0 Å². The lowest BCUT2D eigenvalue weighted by molar-refractivity contribution is 0.102. The van der Waals surface area contributed by atoms with E-state index in [0.29, 0.717) is 34.4 Å². The number of carbonyl (C=O) groups excluding carboxylic acids is 1. The van der Waals surface area contributed by atoms with E-state index in [4.69, 9.17) is 4.74 Å². The highest BCUT2D eigenvalue weighted by Gasteiger charge is 2.14. The summed E-state index contributed by atoms with van der Waals surface area (Å²) in [6.45, 7) is 5.38. The molecule has 1 N–H and O–H groups in total. The number of hydrogen-bond donors (Lipinski definition) is 1. The second-order valence-corrected chi connectivity index (χ2v) is 10.0. The largest absolute Gasteiger partial charge is 0.492 e. The Morgan fingerprint density at radius 2 is 1.90 bits per heavy atom. The van der Waals surface area contributed by atoms with Gasteiger partial charge in [0, 0.05) is 28.2 Å². The molecule has 1 amide bonds. The maximum absolute atomic E-state index is 12.5. The number of aryl methyl sites for hydroxylation is 2. The molecule has 0 unspecified atom stereocenters. The minimum atomic E-state index is -0.275. The van der Waals surface area contributed by atoms with Crippen molar-refractivity contribution >= 4 is 44.9 Å². The Morgan fingerprint density at radius 3 is 2.69 bits per heavy atom. The Morgan fingerprint density at radius 1 is 1.10 bits per heavy atom. The van der Waals surface area contributed by atoms with Gasteiger partial charge in [-0.15, -0.1) is 10.2 Å². The molecule has 0 bridgehead atoms. The predicted octanol–water partition coefficient (Wildman–Crippen LogP) is 6.76. The topological polar surface area (TPSA) is 92.8 Å². The average molecular weight is 534 g/mol. The molecule has 0 aliphatic heterocycles. The van der Waals surface area contributed by atoms with Crippen LogP contribution in [0.4, 0.5) is 5.13 Å². The van der Waals surface area contributed by atoms with Crippen molar-refractivity contribution in [1.29, 1.82) is 5.26 Å². The Kier molecular flexibility index (Phi) is 7.80. The number of nitrogens with one attached hydrogen (secondary N) is 1. The molecule has 39 heavy (non-hydrogen) atoms. The van der Waals surface area contributed by atoms with Crippen LogP contribution in [0.25, 0.3) is 22.6 Å². The number of carbonyl (C=O) groups is 1. The lowest BCUT2D eigenvalue weighted by atomic mass is 10.1. The van der Waals surface area contributed by atoms with Crippen molar-refractivity contribution in [2.45, 2.75) is 26.8 Å². The third kappa shape index (κ3) is 6.06. The number of fused-ring (bicyclic) bond motifs is 1. The van der Waals surface area contributed by atoms with E-state index < -0.39 is 0 Å². The number of para-hydroxylation sites is 1. The molecule has 0 saturated carbocycles. The van der Waals surface area contributed by atoms with E-state index in [9.17, 15) is 10.1 Å². The van der Waals surface area contributed by atoms with Crippen molar-refractivity contribution in [3.05, 3.63) is 106 Å². The van der Waals surface area contributed by atoms with Gasteiger partial charge in [0.05, 0.1) is 12.1 Å². The van der Waals surface area contributed by atoms with E-state index in [1.54, 1.807) is 24.3 Å². The molecular weight excluding hydrogens is 506 g/mol. The molecule has 5 rings (SSSR count). The van der Waals surface area contributed by atoms with Gasteiger partial charge in [0.25, 0.3) is 5.91 Å². The van der Waals surface area contributed by atoms with E-state index in [1.165, 1.54) is 11.1 Å². The number of hydrogen-bond acceptors (Lipinski definition) is 6. The summed E-state index contributed by atoms with van der Waals surface area (Å²) in [5.74, 6) is 0.601. The number of ether oxygens (including phenoxy) is 1. The van der Waals surface area contributed by atoms with Crippen LogP contribution >= 0.6 is 11.3 Å². The Hall–Kier alpha value is -4.74. The van der Waals surface area contributed by atoms with E-state index in [1.807, 2.05) is 36.5 Å². The third-order valence-corrected chi connectivity index (χ3v) is 7.14. The van der Waals surface area contributed by atoms with Gasteiger partial charge in [0.1, 0.15) is 18.4 Å². The molecule has 0 aliphatic rings. The van der Waals surface area contributed by atoms with Crippen LogP contribution in [0.1, 0.15) is 39.0 Å². The second kappa shape index (κ2) is 11.8. The van der Waals surface area contributed by atoms with Gasteiger partial charge in [-0.1, -0.05) is 60.7 Å². The maximum Gasteiger partial charge on any atom is 0.257 e.